The fourth-order valence-corrected chi connectivity index (χ4v) is 1.92. The molecule has 1 aromatic carbocycles. The number of rotatable bonds is 4. The Hall–Kier alpha value is -3.06. The van der Waals surface area contributed by atoms with Crippen LogP contribution in [0.4, 0.5) is 5.82 Å². The number of anilines is 1. The average Bonchev–Trinajstić information content (AvgIpc) is 2.56. The number of halogens is 1. The first-order chi connectivity index (χ1) is 11.2. The van der Waals surface area contributed by atoms with E-state index in [4.69, 9.17) is 16.3 Å². The van der Waals surface area contributed by atoms with Gasteiger partial charge in [-0.3, -0.25) is 9.78 Å². The summed E-state index contributed by atoms with van der Waals surface area (Å²) >= 11 is 5.87. The molecule has 3 aromatic rings. The lowest BCUT2D eigenvalue weighted by Gasteiger charge is -2.07. The van der Waals surface area contributed by atoms with Crippen LogP contribution in [0, 0.1) is 0 Å². The van der Waals surface area contributed by atoms with Gasteiger partial charge in [-0.25, -0.2) is 9.97 Å². The topological polar surface area (TPSA) is 89.9 Å². The molecular formula is C15H10ClN5O2. The highest BCUT2D eigenvalue weighted by molar-refractivity contribution is 6.31. The minimum Gasteiger partial charge on any atom is -0.434 e. The van der Waals surface area contributed by atoms with Gasteiger partial charge in [0.2, 0.25) is 5.88 Å². The zero-order valence-corrected chi connectivity index (χ0v) is 12.4. The third-order valence-electron chi connectivity index (χ3n) is 2.70. The predicted octanol–water partition coefficient (Wildman–Crippen LogP) is 2.96. The van der Waals surface area contributed by atoms with Crippen molar-refractivity contribution in [1.82, 2.24) is 19.9 Å². The van der Waals surface area contributed by atoms with E-state index in [0.717, 1.165) is 0 Å². The molecule has 0 aliphatic heterocycles. The molecule has 8 heteroatoms. The highest BCUT2D eigenvalue weighted by Gasteiger charge is 2.09. The van der Waals surface area contributed by atoms with Crippen molar-refractivity contribution in [2.24, 2.45) is 0 Å². The van der Waals surface area contributed by atoms with E-state index in [9.17, 15) is 4.79 Å². The van der Waals surface area contributed by atoms with Crippen LogP contribution in [0.15, 0.2) is 55.4 Å². The van der Waals surface area contributed by atoms with Gasteiger partial charge >= 0.3 is 0 Å². The molecule has 0 radical (unpaired) electrons. The number of amides is 1. The summed E-state index contributed by atoms with van der Waals surface area (Å²) < 4.78 is 5.45. The molecule has 3 rings (SSSR count). The first kappa shape index (κ1) is 14.9. The molecule has 0 bridgehead atoms. The molecular weight excluding hydrogens is 318 g/mol. The zero-order valence-electron chi connectivity index (χ0n) is 11.7. The van der Waals surface area contributed by atoms with Crippen molar-refractivity contribution in [2.75, 3.05) is 5.32 Å². The van der Waals surface area contributed by atoms with Gasteiger partial charge in [-0.05, 0) is 18.2 Å². The number of hydrogen-bond donors (Lipinski definition) is 1. The average molecular weight is 328 g/mol. The Bertz CT molecular complexity index is 829. The standard InChI is InChI=1S/C15H10ClN5O2/c16-11-3-1-2-10(4-11)15(22)21-13-7-17-8-14(20-13)23-12-5-18-9-19-6-12/h1-9H,(H,20,21,22). The highest BCUT2D eigenvalue weighted by Crippen LogP contribution is 2.18. The van der Waals surface area contributed by atoms with Crippen molar-refractivity contribution in [3.8, 4) is 11.6 Å². The molecule has 0 saturated carbocycles. The Morgan fingerprint density at radius 3 is 2.70 bits per heavy atom. The van der Waals surface area contributed by atoms with Gasteiger partial charge < -0.3 is 10.1 Å². The first-order valence-electron chi connectivity index (χ1n) is 6.52. The monoisotopic (exact) mass is 327 g/mol. The normalized spacial score (nSPS) is 10.1. The van der Waals surface area contributed by atoms with Crippen LogP contribution in [0.25, 0.3) is 0 Å². The number of carbonyl (C=O) groups excluding carboxylic acids is 1. The summed E-state index contributed by atoms with van der Waals surface area (Å²) in [6.07, 6.45) is 7.21. The van der Waals surface area contributed by atoms with E-state index in [0.29, 0.717) is 16.3 Å². The van der Waals surface area contributed by atoms with Crippen molar-refractivity contribution >= 4 is 23.3 Å². The minimum absolute atomic E-state index is 0.212. The molecule has 1 amide bonds. The van der Waals surface area contributed by atoms with E-state index in [1.54, 1.807) is 24.3 Å². The van der Waals surface area contributed by atoms with Crippen LogP contribution in [0.1, 0.15) is 10.4 Å². The summed E-state index contributed by atoms with van der Waals surface area (Å²) in [5, 5.41) is 3.11. The van der Waals surface area contributed by atoms with Crippen molar-refractivity contribution in [3.63, 3.8) is 0 Å². The molecule has 0 saturated heterocycles. The molecule has 0 atom stereocenters. The molecule has 1 N–H and O–H groups in total. The van der Waals surface area contributed by atoms with E-state index in [2.05, 4.69) is 25.3 Å². The van der Waals surface area contributed by atoms with Gasteiger partial charge in [-0.1, -0.05) is 17.7 Å². The van der Waals surface area contributed by atoms with Gasteiger partial charge in [-0.2, -0.15) is 4.98 Å². The SMILES string of the molecule is O=C(Nc1cncc(Oc2cncnc2)n1)c1cccc(Cl)c1. The van der Waals surface area contributed by atoms with Gasteiger partial charge in [0, 0.05) is 10.6 Å². The van der Waals surface area contributed by atoms with E-state index in [1.165, 1.54) is 31.1 Å². The number of nitrogens with zero attached hydrogens (tertiary/aromatic N) is 4. The Kier molecular flexibility index (Phi) is 4.39. The van der Waals surface area contributed by atoms with Crippen molar-refractivity contribution < 1.29 is 9.53 Å². The van der Waals surface area contributed by atoms with Crippen molar-refractivity contribution in [1.29, 1.82) is 0 Å². The quantitative estimate of drug-likeness (QED) is 0.792. The second-order valence-electron chi connectivity index (χ2n) is 4.38. The summed E-state index contributed by atoms with van der Waals surface area (Å²) in [5.41, 5.74) is 0.419. The Balaban J connectivity index is 1.74. The molecule has 0 spiro atoms. The number of nitrogens with one attached hydrogen (secondary N) is 1. The van der Waals surface area contributed by atoms with Gasteiger partial charge in [0.15, 0.2) is 11.6 Å². The van der Waals surface area contributed by atoms with E-state index < -0.39 is 0 Å². The van der Waals surface area contributed by atoms with E-state index in [-0.39, 0.29) is 17.6 Å². The Morgan fingerprint density at radius 2 is 1.91 bits per heavy atom. The molecule has 23 heavy (non-hydrogen) atoms. The largest absolute Gasteiger partial charge is 0.434 e. The number of benzene rings is 1. The Morgan fingerprint density at radius 1 is 1.09 bits per heavy atom. The third kappa shape index (κ3) is 3.98. The fraction of sp³-hybridized carbons (Fsp3) is 0. The van der Waals surface area contributed by atoms with Crippen molar-refractivity contribution in [2.45, 2.75) is 0 Å². The first-order valence-corrected chi connectivity index (χ1v) is 6.90. The van der Waals surface area contributed by atoms with Crippen LogP contribution >= 0.6 is 11.6 Å². The number of aromatic nitrogens is 4. The lowest BCUT2D eigenvalue weighted by Crippen LogP contribution is -2.13. The van der Waals surface area contributed by atoms with Gasteiger partial charge in [-0.15, -0.1) is 0 Å². The number of carbonyl (C=O) groups is 1. The molecule has 0 aliphatic carbocycles. The molecule has 2 heterocycles. The summed E-state index contributed by atoms with van der Waals surface area (Å²) in [6.45, 7) is 0. The molecule has 2 aromatic heterocycles. The summed E-state index contributed by atoms with van der Waals surface area (Å²) in [6, 6.07) is 6.59. The maximum absolute atomic E-state index is 12.1. The van der Waals surface area contributed by atoms with Crippen LogP contribution in [-0.2, 0) is 0 Å². The summed E-state index contributed by atoms with van der Waals surface area (Å²) in [7, 11) is 0. The van der Waals surface area contributed by atoms with Crippen LogP contribution in [0.2, 0.25) is 5.02 Å². The number of hydrogen-bond acceptors (Lipinski definition) is 6. The molecule has 7 nitrogen and oxygen atoms in total. The van der Waals surface area contributed by atoms with Crippen LogP contribution in [0.3, 0.4) is 0 Å². The Labute approximate surface area is 136 Å². The second-order valence-corrected chi connectivity index (χ2v) is 4.82. The van der Waals surface area contributed by atoms with Gasteiger partial charge in [0.1, 0.15) is 6.33 Å². The zero-order chi connectivity index (χ0) is 16.1. The third-order valence-corrected chi connectivity index (χ3v) is 2.94. The minimum atomic E-state index is -0.345. The van der Waals surface area contributed by atoms with Crippen LogP contribution < -0.4 is 10.1 Å². The predicted molar refractivity (Wildman–Crippen MR) is 83.5 cm³/mol. The molecule has 114 valence electrons. The maximum Gasteiger partial charge on any atom is 0.256 e. The van der Waals surface area contributed by atoms with Gasteiger partial charge in [0.05, 0.1) is 24.8 Å². The van der Waals surface area contributed by atoms with Crippen LogP contribution in [0.5, 0.6) is 11.6 Å². The maximum atomic E-state index is 12.1. The highest BCUT2D eigenvalue weighted by atomic mass is 35.5. The molecule has 0 unspecified atom stereocenters. The van der Waals surface area contributed by atoms with Crippen molar-refractivity contribution in [3.05, 3.63) is 66.0 Å². The smallest absolute Gasteiger partial charge is 0.256 e. The fourth-order valence-electron chi connectivity index (χ4n) is 1.73. The lowest BCUT2D eigenvalue weighted by atomic mass is 10.2. The molecule has 0 fully saturated rings. The molecule has 0 aliphatic rings. The summed E-state index contributed by atoms with van der Waals surface area (Å²) in [4.78, 5) is 27.9. The van der Waals surface area contributed by atoms with E-state index in [1.807, 2.05) is 0 Å². The second kappa shape index (κ2) is 6.80. The number of ether oxygens (including phenoxy) is 1. The van der Waals surface area contributed by atoms with Crippen LogP contribution in [-0.4, -0.2) is 25.8 Å². The lowest BCUT2D eigenvalue weighted by molar-refractivity contribution is 0.102. The van der Waals surface area contributed by atoms with E-state index >= 15 is 0 Å². The summed E-state index contributed by atoms with van der Waals surface area (Å²) in [5.74, 6) is 0.537. The van der Waals surface area contributed by atoms with Gasteiger partial charge in [0.25, 0.3) is 5.91 Å².